The standard InChI is InChI=1S/C12H16N2O5/c1-3-10(12(15)16)19-11-5-4-9(14(17)18)6-8(11)7-13-2/h4-6,10,13H,3,7H2,1-2H3,(H,15,16). The number of nitrogens with one attached hydrogen (secondary N) is 1. The van der Waals surface area contributed by atoms with Crippen molar-refractivity contribution in [3.05, 3.63) is 33.9 Å². The first kappa shape index (κ1) is 14.9. The molecule has 2 N–H and O–H groups in total. The minimum Gasteiger partial charge on any atom is -0.479 e. The number of nitrogens with zero attached hydrogens (tertiary/aromatic N) is 1. The van der Waals surface area contributed by atoms with E-state index in [2.05, 4.69) is 5.32 Å². The van der Waals surface area contributed by atoms with Crippen LogP contribution in [0, 0.1) is 10.1 Å². The summed E-state index contributed by atoms with van der Waals surface area (Å²) in [6, 6.07) is 4.10. The molecule has 1 rings (SSSR count). The fraction of sp³-hybridized carbons (Fsp3) is 0.417. The Morgan fingerprint density at radius 1 is 1.58 bits per heavy atom. The van der Waals surface area contributed by atoms with Gasteiger partial charge in [0.15, 0.2) is 6.10 Å². The monoisotopic (exact) mass is 268 g/mol. The molecule has 0 bridgehead atoms. The molecule has 104 valence electrons. The largest absolute Gasteiger partial charge is 0.479 e. The van der Waals surface area contributed by atoms with Gasteiger partial charge in [-0.25, -0.2) is 4.79 Å². The molecule has 1 aromatic rings. The van der Waals surface area contributed by atoms with Crippen LogP contribution in [-0.2, 0) is 11.3 Å². The summed E-state index contributed by atoms with van der Waals surface area (Å²) in [4.78, 5) is 21.1. The number of rotatable bonds is 7. The molecule has 0 saturated carbocycles. The molecule has 0 amide bonds. The number of ether oxygens (including phenoxy) is 1. The Balaban J connectivity index is 3.05. The molecule has 0 aliphatic rings. The lowest BCUT2D eigenvalue weighted by atomic mass is 10.1. The van der Waals surface area contributed by atoms with Crippen molar-refractivity contribution in [1.29, 1.82) is 0 Å². The predicted octanol–water partition coefficient (Wildman–Crippen LogP) is 1.56. The lowest BCUT2D eigenvalue weighted by Gasteiger charge is -2.16. The van der Waals surface area contributed by atoms with E-state index in [1.54, 1.807) is 14.0 Å². The van der Waals surface area contributed by atoms with Crippen LogP contribution in [0.2, 0.25) is 0 Å². The van der Waals surface area contributed by atoms with E-state index in [9.17, 15) is 14.9 Å². The third kappa shape index (κ3) is 3.92. The molecule has 1 atom stereocenters. The summed E-state index contributed by atoms with van der Waals surface area (Å²) in [6.07, 6.45) is -0.650. The number of carboxylic acids is 1. The molecule has 0 radical (unpaired) electrons. The van der Waals surface area contributed by atoms with Gasteiger partial charge in [-0.05, 0) is 19.5 Å². The maximum atomic E-state index is 10.9. The molecule has 0 aliphatic carbocycles. The molecular formula is C12H16N2O5. The Hall–Kier alpha value is -2.15. The number of hydrogen-bond donors (Lipinski definition) is 2. The van der Waals surface area contributed by atoms with Gasteiger partial charge in [0.1, 0.15) is 5.75 Å². The van der Waals surface area contributed by atoms with Gasteiger partial charge in [0.05, 0.1) is 4.92 Å². The molecule has 1 unspecified atom stereocenters. The fourth-order valence-electron chi connectivity index (χ4n) is 1.58. The Labute approximate surface area is 110 Å². The van der Waals surface area contributed by atoms with Gasteiger partial charge < -0.3 is 15.2 Å². The minimum atomic E-state index is -1.06. The van der Waals surface area contributed by atoms with E-state index in [-0.39, 0.29) is 5.69 Å². The summed E-state index contributed by atoms with van der Waals surface area (Å²) in [5.41, 5.74) is 0.498. The van der Waals surface area contributed by atoms with E-state index in [0.717, 1.165) is 0 Å². The second-order valence-electron chi connectivity index (χ2n) is 3.93. The topological polar surface area (TPSA) is 102 Å². The molecule has 0 saturated heterocycles. The number of nitro groups is 1. The highest BCUT2D eigenvalue weighted by molar-refractivity contribution is 5.72. The fourth-order valence-corrected chi connectivity index (χ4v) is 1.58. The maximum absolute atomic E-state index is 10.9. The average molecular weight is 268 g/mol. The van der Waals surface area contributed by atoms with Gasteiger partial charge in [-0.1, -0.05) is 6.92 Å². The molecule has 1 aromatic carbocycles. The number of aliphatic carboxylic acids is 1. The third-order valence-electron chi connectivity index (χ3n) is 2.54. The van der Waals surface area contributed by atoms with E-state index < -0.39 is 17.0 Å². The average Bonchev–Trinajstić information content (AvgIpc) is 2.36. The quantitative estimate of drug-likeness (QED) is 0.574. The Morgan fingerprint density at radius 3 is 2.74 bits per heavy atom. The van der Waals surface area contributed by atoms with E-state index >= 15 is 0 Å². The number of carbonyl (C=O) groups is 1. The second kappa shape index (κ2) is 6.69. The van der Waals surface area contributed by atoms with Gasteiger partial charge in [-0.2, -0.15) is 0 Å². The van der Waals surface area contributed by atoms with Crippen molar-refractivity contribution in [2.75, 3.05) is 7.05 Å². The van der Waals surface area contributed by atoms with Crippen molar-refractivity contribution in [2.45, 2.75) is 26.0 Å². The summed E-state index contributed by atoms with van der Waals surface area (Å²) < 4.78 is 5.38. The summed E-state index contributed by atoms with van der Waals surface area (Å²) in [5, 5.41) is 22.5. The van der Waals surface area contributed by atoms with Crippen LogP contribution in [0.15, 0.2) is 18.2 Å². The van der Waals surface area contributed by atoms with E-state index in [1.807, 2.05) is 0 Å². The Bertz CT molecular complexity index is 475. The highest BCUT2D eigenvalue weighted by Gasteiger charge is 2.19. The molecular weight excluding hydrogens is 252 g/mol. The van der Waals surface area contributed by atoms with E-state index in [0.29, 0.717) is 24.3 Å². The van der Waals surface area contributed by atoms with Crippen LogP contribution < -0.4 is 10.1 Å². The first-order valence-electron chi connectivity index (χ1n) is 5.81. The number of benzene rings is 1. The van der Waals surface area contributed by atoms with E-state index in [4.69, 9.17) is 9.84 Å². The van der Waals surface area contributed by atoms with Crippen LogP contribution in [0.1, 0.15) is 18.9 Å². The molecule has 0 heterocycles. The van der Waals surface area contributed by atoms with Gasteiger partial charge in [-0.15, -0.1) is 0 Å². The van der Waals surface area contributed by atoms with Crippen LogP contribution in [0.4, 0.5) is 5.69 Å². The summed E-state index contributed by atoms with van der Waals surface area (Å²) in [6.45, 7) is 2.05. The molecule has 0 spiro atoms. The smallest absolute Gasteiger partial charge is 0.344 e. The zero-order chi connectivity index (χ0) is 14.4. The van der Waals surface area contributed by atoms with Crippen LogP contribution >= 0.6 is 0 Å². The van der Waals surface area contributed by atoms with Crippen molar-refractivity contribution in [3.8, 4) is 5.75 Å². The molecule has 0 fully saturated rings. The SMILES string of the molecule is CCC(Oc1ccc([N+](=O)[O-])cc1CNC)C(=O)O. The Kier molecular flexibility index (Phi) is 5.25. The van der Waals surface area contributed by atoms with E-state index in [1.165, 1.54) is 18.2 Å². The molecule has 19 heavy (non-hydrogen) atoms. The van der Waals surface area contributed by atoms with Crippen molar-refractivity contribution in [3.63, 3.8) is 0 Å². The molecule has 0 aliphatic heterocycles. The lowest BCUT2D eigenvalue weighted by molar-refractivity contribution is -0.384. The third-order valence-corrected chi connectivity index (χ3v) is 2.54. The van der Waals surface area contributed by atoms with Crippen LogP contribution in [0.3, 0.4) is 0 Å². The highest BCUT2D eigenvalue weighted by atomic mass is 16.6. The maximum Gasteiger partial charge on any atom is 0.344 e. The molecule has 7 heteroatoms. The zero-order valence-electron chi connectivity index (χ0n) is 10.8. The van der Waals surface area contributed by atoms with Crippen molar-refractivity contribution in [1.82, 2.24) is 5.32 Å². The minimum absolute atomic E-state index is 0.0547. The van der Waals surface area contributed by atoms with Crippen LogP contribution in [0.5, 0.6) is 5.75 Å². The number of nitro benzene ring substituents is 1. The van der Waals surface area contributed by atoms with Gasteiger partial charge in [0.2, 0.25) is 0 Å². The Morgan fingerprint density at radius 2 is 2.26 bits per heavy atom. The second-order valence-corrected chi connectivity index (χ2v) is 3.93. The lowest BCUT2D eigenvalue weighted by Crippen LogP contribution is -2.26. The van der Waals surface area contributed by atoms with Gasteiger partial charge in [0, 0.05) is 24.2 Å². The highest BCUT2D eigenvalue weighted by Crippen LogP contribution is 2.25. The summed E-state index contributed by atoms with van der Waals surface area (Å²) in [7, 11) is 1.69. The van der Waals surface area contributed by atoms with Gasteiger partial charge >= 0.3 is 5.97 Å². The normalized spacial score (nSPS) is 11.9. The van der Waals surface area contributed by atoms with Gasteiger partial charge in [0.25, 0.3) is 5.69 Å². The predicted molar refractivity (Wildman–Crippen MR) is 68.2 cm³/mol. The van der Waals surface area contributed by atoms with Crippen molar-refractivity contribution >= 4 is 11.7 Å². The molecule has 0 aromatic heterocycles. The number of non-ortho nitro benzene ring substituents is 1. The summed E-state index contributed by atoms with van der Waals surface area (Å²) >= 11 is 0. The first-order valence-corrected chi connectivity index (χ1v) is 5.81. The number of hydrogen-bond acceptors (Lipinski definition) is 5. The summed E-state index contributed by atoms with van der Waals surface area (Å²) in [5.74, 6) is -0.717. The number of carboxylic acid groups (broad SMARTS) is 1. The van der Waals surface area contributed by atoms with Crippen LogP contribution in [-0.4, -0.2) is 29.2 Å². The van der Waals surface area contributed by atoms with Gasteiger partial charge in [-0.3, -0.25) is 10.1 Å². The van der Waals surface area contributed by atoms with Crippen LogP contribution in [0.25, 0.3) is 0 Å². The molecule has 7 nitrogen and oxygen atoms in total. The van der Waals surface area contributed by atoms with Crippen molar-refractivity contribution in [2.24, 2.45) is 0 Å². The van der Waals surface area contributed by atoms with Crippen molar-refractivity contribution < 1.29 is 19.6 Å². The zero-order valence-corrected chi connectivity index (χ0v) is 10.8. The first-order chi connectivity index (χ1) is 8.99.